The predicted octanol–water partition coefficient (Wildman–Crippen LogP) is 5.80. The summed E-state index contributed by atoms with van der Waals surface area (Å²) in [5, 5.41) is 2.07. The van der Waals surface area contributed by atoms with Crippen LogP contribution in [0.15, 0.2) is 48.0 Å². The molecule has 0 spiro atoms. The van der Waals surface area contributed by atoms with Crippen LogP contribution >= 0.6 is 11.6 Å². The molecule has 1 N–H and O–H groups in total. The molecule has 0 fully saturated rings. The summed E-state index contributed by atoms with van der Waals surface area (Å²) in [6.45, 7) is 1.79. The third kappa shape index (κ3) is 5.02. The Kier molecular flexibility index (Phi) is 6.32. The van der Waals surface area contributed by atoms with Gasteiger partial charge in [-0.2, -0.15) is 13.2 Å². The Morgan fingerprint density at radius 2 is 1.96 bits per heavy atom. The summed E-state index contributed by atoms with van der Waals surface area (Å²) in [6, 6.07) is 10.4. The second-order valence-electron chi connectivity index (χ2n) is 5.45. The maximum atomic E-state index is 12.9. The van der Waals surface area contributed by atoms with Crippen LogP contribution in [0.5, 0.6) is 5.75 Å². The number of ether oxygens (including phenoxy) is 1. The van der Waals surface area contributed by atoms with Gasteiger partial charge in [0.2, 0.25) is 0 Å². The van der Waals surface area contributed by atoms with E-state index in [9.17, 15) is 18.0 Å². The molecule has 2 aromatic rings. The lowest BCUT2D eigenvalue weighted by atomic mass is 10.1. The molecule has 138 valence electrons. The van der Waals surface area contributed by atoms with E-state index in [4.69, 9.17) is 16.3 Å². The lowest BCUT2D eigenvalue weighted by Gasteiger charge is -2.12. The SMILES string of the molecule is CC/C(=C\c1cccc(OC)c1)C(=O)Nc1ccc(Cl)c(C(F)(F)F)c1. The smallest absolute Gasteiger partial charge is 0.417 e. The monoisotopic (exact) mass is 383 g/mol. The summed E-state index contributed by atoms with van der Waals surface area (Å²) in [5.41, 5.74) is 0.203. The van der Waals surface area contributed by atoms with Gasteiger partial charge >= 0.3 is 6.18 Å². The van der Waals surface area contributed by atoms with E-state index >= 15 is 0 Å². The Hall–Kier alpha value is -2.47. The van der Waals surface area contributed by atoms with Crippen molar-refractivity contribution in [1.82, 2.24) is 0 Å². The Labute approximate surface area is 154 Å². The number of methoxy groups -OCH3 is 1. The van der Waals surface area contributed by atoms with E-state index in [2.05, 4.69) is 5.32 Å². The summed E-state index contributed by atoms with van der Waals surface area (Å²) < 4.78 is 43.9. The first-order valence-corrected chi connectivity index (χ1v) is 8.15. The molecule has 3 nitrogen and oxygen atoms in total. The van der Waals surface area contributed by atoms with Crippen molar-refractivity contribution in [3.63, 3.8) is 0 Å². The number of hydrogen-bond acceptors (Lipinski definition) is 2. The normalized spacial score (nSPS) is 12.0. The highest BCUT2D eigenvalue weighted by atomic mass is 35.5. The van der Waals surface area contributed by atoms with Gasteiger partial charge in [0, 0.05) is 11.3 Å². The predicted molar refractivity (Wildman–Crippen MR) is 96.3 cm³/mol. The van der Waals surface area contributed by atoms with Crippen molar-refractivity contribution in [2.24, 2.45) is 0 Å². The van der Waals surface area contributed by atoms with Crippen molar-refractivity contribution >= 4 is 29.3 Å². The first-order chi connectivity index (χ1) is 12.2. The van der Waals surface area contributed by atoms with Gasteiger partial charge in [0.05, 0.1) is 17.7 Å². The zero-order valence-corrected chi connectivity index (χ0v) is 14.9. The maximum absolute atomic E-state index is 12.9. The Balaban J connectivity index is 2.25. The average Bonchev–Trinajstić information content (AvgIpc) is 2.60. The molecule has 26 heavy (non-hydrogen) atoms. The lowest BCUT2D eigenvalue weighted by molar-refractivity contribution is -0.137. The van der Waals surface area contributed by atoms with Crippen LogP contribution in [-0.4, -0.2) is 13.0 Å². The van der Waals surface area contributed by atoms with Gasteiger partial charge < -0.3 is 10.1 Å². The number of carbonyl (C=O) groups is 1. The summed E-state index contributed by atoms with van der Waals surface area (Å²) in [4.78, 5) is 12.4. The van der Waals surface area contributed by atoms with Crippen molar-refractivity contribution in [3.05, 3.63) is 64.2 Å². The third-order valence-electron chi connectivity index (χ3n) is 3.64. The summed E-state index contributed by atoms with van der Waals surface area (Å²) >= 11 is 5.59. The van der Waals surface area contributed by atoms with Crippen molar-refractivity contribution in [2.75, 3.05) is 12.4 Å². The fraction of sp³-hybridized carbons (Fsp3) is 0.211. The topological polar surface area (TPSA) is 38.3 Å². The zero-order valence-electron chi connectivity index (χ0n) is 14.2. The standard InChI is InChI=1S/C19H17ClF3NO2/c1-3-13(9-12-5-4-6-15(10-12)26-2)18(25)24-14-7-8-17(20)16(11-14)19(21,22)23/h4-11H,3H2,1-2H3,(H,24,25)/b13-9+. The number of benzene rings is 2. The first-order valence-electron chi connectivity index (χ1n) is 7.77. The van der Waals surface area contributed by atoms with E-state index in [1.165, 1.54) is 13.2 Å². The van der Waals surface area contributed by atoms with Crippen LogP contribution < -0.4 is 10.1 Å². The van der Waals surface area contributed by atoms with Crippen LogP contribution in [0.1, 0.15) is 24.5 Å². The zero-order chi connectivity index (χ0) is 19.3. The minimum Gasteiger partial charge on any atom is -0.497 e. The average molecular weight is 384 g/mol. The Morgan fingerprint density at radius 3 is 2.58 bits per heavy atom. The van der Waals surface area contributed by atoms with Crippen LogP contribution in [0.4, 0.5) is 18.9 Å². The van der Waals surface area contributed by atoms with Gasteiger partial charge in [-0.3, -0.25) is 4.79 Å². The van der Waals surface area contributed by atoms with E-state index in [0.717, 1.165) is 17.7 Å². The van der Waals surface area contributed by atoms with Crippen molar-refractivity contribution < 1.29 is 22.7 Å². The molecule has 0 saturated carbocycles. The first kappa shape index (κ1) is 19.8. The highest BCUT2D eigenvalue weighted by molar-refractivity contribution is 6.31. The summed E-state index contributed by atoms with van der Waals surface area (Å²) in [5.74, 6) is 0.160. The molecule has 0 bridgehead atoms. The molecule has 0 heterocycles. The van der Waals surface area contributed by atoms with E-state index in [1.54, 1.807) is 37.3 Å². The lowest BCUT2D eigenvalue weighted by Crippen LogP contribution is -2.15. The fourth-order valence-electron chi connectivity index (χ4n) is 2.29. The Bertz CT molecular complexity index is 832. The molecule has 0 radical (unpaired) electrons. The van der Waals surface area contributed by atoms with Crippen LogP contribution in [0.2, 0.25) is 5.02 Å². The Morgan fingerprint density at radius 1 is 1.23 bits per heavy atom. The van der Waals surface area contributed by atoms with Gasteiger partial charge in [-0.05, 0) is 48.4 Å². The molecule has 0 aromatic heterocycles. The number of alkyl halides is 3. The van der Waals surface area contributed by atoms with Gasteiger partial charge in [0.15, 0.2) is 0 Å². The molecule has 0 aliphatic rings. The molecule has 0 aliphatic heterocycles. The number of amides is 1. The third-order valence-corrected chi connectivity index (χ3v) is 3.97. The van der Waals surface area contributed by atoms with E-state index in [1.807, 2.05) is 0 Å². The molecule has 2 aromatic carbocycles. The molecular weight excluding hydrogens is 367 g/mol. The fourth-order valence-corrected chi connectivity index (χ4v) is 2.52. The molecular formula is C19H17ClF3NO2. The van der Waals surface area contributed by atoms with Gasteiger partial charge in [-0.15, -0.1) is 0 Å². The summed E-state index contributed by atoms with van der Waals surface area (Å²) in [6.07, 6.45) is -2.52. The van der Waals surface area contributed by atoms with Crippen molar-refractivity contribution in [1.29, 1.82) is 0 Å². The molecule has 0 aliphatic carbocycles. The van der Waals surface area contributed by atoms with E-state index in [-0.39, 0.29) is 5.69 Å². The molecule has 1 amide bonds. The maximum Gasteiger partial charge on any atom is 0.417 e. The van der Waals surface area contributed by atoms with Crippen LogP contribution in [0.25, 0.3) is 6.08 Å². The van der Waals surface area contributed by atoms with Crippen molar-refractivity contribution in [2.45, 2.75) is 19.5 Å². The number of rotatable bonds is 5. The number of halogens is 4. The molecule has 2 rings (SSSR count). The molecule has 7 heteroatoms. The van der Waals surface area contributed by atoms with Crippen LogP contribution in [0.3, 0.4) is 0 Å². The van der Waals surface area contributed by atoms with Gasteiger partial charge in [-0.1, -0.05) is 30.7 Å². The number of carbonyl (C=O) groups excluding carboxylic acids is 1. The number of anilines is 1. The molecule has 0 unspecified atom stereocenters. The van der Waals surface area contributed by atoms with Crippen LogP contribution in [-0.2, 0) is 11.0 Å². The highest BCUT2D eigenvalue weighted by Gasteiger charge is 2.33. The molecule has 0 atom stereocenters. The minimum absolute atomic E-state index is 0.0247. The second-order valence-corrected chi connectivity index (χ2v) is 5.85. The van der Waals surface area contributed by atoms with Gasteiger partial charge in [-0.25, -0.2) is 0 Å². The minimum atomic E-state index is -4.60. The second kappa shape index (κ2) is 8.27. The largest absolute Gasteiger partial charge is 0.497 e. The number of nitrogens with one attached hydrogen (secondary N) is 1. The summed E-state index contributed by atoms with van der Waals surface area (Å²) in [7, 11) is 1.54. The van der Waals surface area contributed by atoms with E-state index in [0.29, 0.717) is 17.7 Å². The van der Waals surface area contributed by atoms with Crippen molar-refractivity contribution in [3.8, 4) is 5.75 Å². The van der Waals surface area contributed by atoms with Crippen LogP contribution in [0, 0.1) is 0 Å². The van der Waals surface area contributed by atoms with Gasteiger partial charge in [0.25, 0.3) is 5.91 Å². The molecule has 0 saturated heterocycles. The van der Waals surface area contributed by atoms with Gasteiger partial charge in [0.1, 0.15) is 5.75 Å². The number of hydrogen-bond donors (Lipinski definition) is 1. The quantitative estimate of drug-likeness (QED) is 0.663. The highest BCUT2D eigenvalue weighted by Crippen LogP contribution is 2.36. The van der Waals surface area contributed by atoms with E-state index < -0.39 is 22.7 Å².